The molecule has 2 aromatic rings. The van der Waals surface area contributed by atoms with E-state index in [1.165, 1.54) is 42.8 Å². The smallest absolute Gasteiger partial charge is 0.123 e. The van der Waals surface area contributed by atoms with Crippen molar-refractivity contribution < 1.29 is 4.39 Å². The lowest BCUT2D eigenvalue weighted by atomic mass is 9.82. The number of nitrogens with zero attached hydrogens (tertiary/aromatic N) is 3. The lowest BCUT2D eigenvalue weighted by Crippen LogP contribution is -2.40. The predicted molar refractivity (Wildman–Crippen MR) is 89.5 cm³/mol. The number of hydrogen-bond donors (Lipinski definition) is 1. The van der Waals surface area contributed by atoms with Gasteiger partial charge in [0.05, 0.1) is 23.3 Å². The van der Waals surface area contributed by atoms with Crippen molar-refractivity contribution in [1.29, 1.82) is 0 Å². The number of piperidine rings is 1. The van der Waals surface area contributed by atoms with E-state index in [-0.39, 0.29) is 5.82 Å². The molecule has 23 heavy (non-hydrogen) atoms. The van der Waals surface area contributed by atoms with Gasteiger partial charge in [-0.25, -0.2) is 9.07 Å². The Morgan fingerprint density at radius 2 is 1.74 bits per heavy atom. The van der Waals surface area contributed by atoms with Crippen LogP contribution in [-0.2, 0) is 0 Å². The summed E-state index contributed by atoms with van der Waals surface area (Å²) in [6.45, 7) is 1.99. The molecule has 0 spiro atoms. The highest BCUT2D eigenvalue weighted by atomic mass is 19.1. The summed E-state index contributed by atoms with van der Waals surface area (Å²) in [6, 6.07) is 6.94. The third-order valence-electron chi connectivity index (χ3n) is 5.23. The van der Waals surface area contributed by atoms with E-state index in [1.807, 2.05) is 10.9 Å². The van der Waals surface area contributed by atoms with Gasteiger partial charge in [-0.05, 0) is 49.9 Å². The molecule has 122 valence electrons. The first kappa shape index (κ1) is 14.7. The van der Waals surface area contributed by atoms with Gasteiger partial charge in [0, 0.05) is 25.0 Å². The third-order valence-corrected chi connectivity index (χ3v) is 5.23. The number of aromatic nitrogens is 2. The van der Waals surface area contributed by atoms with Gasteiger partial charge in [-0.1, -0.05) is 6.42 Å². The van der Waals surface area contributed by atoms with E-state index in [2.05, 4.69) is 10.00 Å². The summed E-state index contributed by atoms with van der Waals surface area (Å²) < 4.78 is 15.2. The maximum atomic E-state index is 13.2. The van der Waals surface area contributed by atoms with Gasteiger partial charge in [-0.3, -0.25) is 0 Å². The number of benzene rings is 1. The predicted octanol–water partition coefficient (Wildman–Crippen LogP) is 3.21. The molecule has 0 radical (unpaired) electrons. The summed E-state index contributed by atoms with van der Waals surface area (Å²) in [5.41, 5.74) is 9.51. The monoisotopic (exact) mass is 314 g/mol. The molecule has 5 heteroatoms. The van der Waals surface area contributed by atoms with Crippen molar-refractivity contribution in [3.8, 4) is 5.69 Å². The van der Waals surface area contributed by atoms with Crippen LogP contribution in [0.5, 0.6) is 0 Å². The van der Waals surface area contributed by atoms with Crippen LogP contribution in [0.1, 0.15) is 43.7 Å². The topological polar surface area (TPSA) is 47.1 Å². The Hall–Kier alpha value is -1.88. The Labute approximate surface area is 136 Å². The fourth-order valence-electron chi connectivity index (χ4n) is 3.59. The highest BCUT2D eigenvalue weighted by Gasteiger charge is 2.30. The van der Waals surface area contributed by atoms with Gasteiger partial charge in [-0.15, -0.1) is 0 Å². The van der Waals surface area contributed by atoms with Gasteiger partial charge in [0.15, 0.2) is 0 Å². The molecule has 2 N–H and O–H groups in total. The zero-order valence-electron chi connectivity index (χ0n) is 13.3. The number of nitrogens with two attached hydrogens (primary N) is 1. The normalized spacial score (nSPS) is 19.8. The van der Waals surface area contributed by atoms with Crippen LogP contribution in [-0.4, -0.2) is 28.9 Å². The Morgan fingerprint density at radius 1 is 1.04 bits per heavy atom. The lowest BCUT2D eigenvalue weighted by Gasteiger charge is -2.35. The maximum Gasteiger partial charge on any atom is 0.123 e. The van der Waals surface area contributed by atoms with Gasteiger partial charge in [0.25, 0.3) is 0 Å². The quantitative estimate of drug-likeness (QED) is 0.946. The van der Waals surface area contributed by atoms with Gasteiger partial charge in [-0.2, -0.15) is 5.10 Å². The average Bonchev–Trinajstić information content (AvgIpc) is 2.92. The minimum Gasteiger partial charge on any atom is -0.369 e. The van der Waals surface area contributed by atoms with E-state index in [1.54, 1.807) is 12.1 Å². The first-order valence-corrected chi connectivity index (χ1v) is 8.57. The van der Waals surface area contributed by atoms with Crippen LogP contribution in [0.2, 0.25) is 0 Å². The Bertz CT molecular complexity index is 667. The van der Waals surface area contributed by atoms with Crippen molar-refractivity contribution in [3.63, 3.8) is 0 Å². The molecule has 0 bridgehead atoms. The molecule has 1 aromatic heterocycles. The summed E-state index contributed by atoms with van der Waals surface area (Å²) in [6.07, 6.45) is 7.76. The first-order valence-electron chi connectivity index (χ1n) is 8.57. The van der Waals surface area contributed by atoms with E-state index in [4.69, 9.17) is 5.73 Å². The fourth-order valence-corrected chi connectivity index (χ4v) is 3.59. The van der Waals surface area contributed by atoms with Crippen LogP contribution in [0, 0.1) is 5.82 Å². The van der Waals surface area contributed by atoms with Gasteiger partial charge >= 0.3 is 0 Å². The van der Waals surface area contributed by atoms with Crippen LogP contribution in [0.4, 0.5) is 10.1 Å². The minimum atomic E-state index is -0.212. The molecular formula is C18H23FN4. The van der Waals surface area contributed by atoms with Crippen molar-refractivity contribution in [2.45, 2.75) is 44.1 Å². The van der Waals surface area contributed by atoms with Crippen LogP contribution in [0.25, 0.3) is 5.69 Å². The second kappa shape index (κ2) is 5.96. The molecule has 2 heterocycles. The fraction of sp³-hybridized carbons (Fsp3) is 0.500. The number of hydrogen-bond acceptors (Lipinski definition) is 3. The largest absolute Gasteiger partial charge is 0.369 e. The highest BCUT2D eigenvalue weighted by Crippen LogP contribution is 2.42. The molecule has 2 fully saturated rings. The summed E-state index contributed by atoms with van der Waals surface area (Å²) in [5.74, 6) is 0.351. The van der Waals surface area contributed by atoms with Crippen LogP contribution < -0.4 is 10.6 Å². The van der Waals surface area contributed by atoms with Crippen molar-refractivity contribution in [2.24, 2.45) is 5.73 Å². The third kappa shape index (κ3) is 2.74. The minimum absolute atomic E-state index is 0.212. The summed E-state index contributed by atoms with van der Waals surface area (Å²) >= 11 is 0. The Morgan fingerprint density at radius 3 is 2.35 bits per heavy atom. The highest BCUT2D eigenvalue weighted by molar-refractivity contribution is 5.55. The van der Waals surface area contributed by atoms with Crippen LogP contribution in [0.3, 0.4) is 0 Å². The number of rotatable bonds is 3. The summed E-state index contributed by atoms with van der Waals surface area (Å²) in [7, 11) is 0. The average molecular weight is 314 g/mol. The molecule has 2 aliphatic rings. The molecule has 0 atom stereocenters. The molecule has 0 amide bonds. The molecule has 0 unspecified atom stereocenters. The van der Waals surface area contributed by atoms with E-state index in [0.29, 0.717) is 12.0 Å². The summed E-state index contributed by atoms with van der Waals surface area (Å²) in [4.78, 5) is 2.42. The van der Waals surface area contributed by atoms with E-state index in [9.17, 15) is 4.39 Å². The molecule has 1 aliphatic heterocycles. The molecule has 1 aromatic carbocycles. The first-order chi connectivity index (χ1) is 11.2. The lowest BCUT2D eigenvalue weighted by molar-refractivity contribution is 0.401. The number of anilines is 1. The van der Waals surface area contributed by atoms with Crippen LogP contribution >= 0.6 is 0 Å². The van der Waals surface area contributed by atoms with Crippen molar-refractivity contribution in [1.82, 2.24) is 9.78 Å². The molecule has 1 aliphatic carbocycles. The molecule has 4 nitrogen and oxygen atoms in total. The van der Waals surface area contributed by atoms with Crippen LogP contribution in [0.15, 0.2) is 30.5 Å². The molecule has 4 rings (SSSR count). The van der Waals surface area contributed by atoms with Gasteiger partial charge in [0.2, 0.25) is 0 Å². The molecule has 1 saturated carbocycles. The molecule has 1 saturated heterocycles. The van der Waals surface area contributed by atoms with E-state index < -0.39 is 0 Å². The van der Waals surface area contributed by atoms with Crippen molar-refractivity contribution in [2.75, 3.05) is 18.0 Å². The Kier molecular flexibility index (Phi) is 3.81. The maximum absolute atomic E-state index is 13.2. The van der Waals surface area contributed by atoms with E-state index in [0.717, 1.165) is 31.6 Å². The second-order valence-electron chi connectivity index (χ2n) is 6.76. The second-order valence-corrected chi connectivity index (χ2v) is 6.76. The zero-order chi connectivity index (χ0) is 15.8. The van der Waals surface area contributed by atoms with Gasteiger partial charge < -0.3 is 10.6 Å². The SMILES string of the molecule is NC1CCN(c2cnn(-c3ccc(F)cc3)c2C2CCC2)CC1. The van der Waals surface area contributed by atoms with Crippen molar-refractivity contribution in [3.05, 3.63) is 42.0 Å². The zero-order valence-corrected chi connectivity index (χ0v) is 13.3. The Balaban J connectivity index is 1.71. The van der Waals surface area contributed by atoms with Gasteiger partial charge in [0.1, 0.15) is 5.82 Å². The van der Waals surface area contributed by atoms with E-state index >= 15 is 0 Å². The summed E-state index contributed by atoms with van der Waals surface area (Å²) in [5, 5.41) is 4.63. The molecular weight excluding hydrogens is 291 g/mol. The standard InChI is InChI=1S/C18H23FN4/c19-14-4-6-16(7-5-14)23-18(13-2-1-3-13)17(12-21-23)22-10-8-15(20)9-11-22/h4-7,12-13,15H,1-3,8-11,20H2. The number of halogens is 1. The van der Waals surface area contributed by atoms with Crippen molar-refractivity contribution >= 4 is 5.69 Å².